The number of urea groups is 2. The van der Waals surface area contributed by atoms with Gasteiger partial charge in [0.1, 0.15) is 0 Å². The molecule has 0 spiro atoms. The molecule has 5 amide bonds. The van der Waals surface area contributed by atoms with Crippen LogP contribution in [0.3, 0.4) is 0 Å². The molecule has 0 saturated carbocycles. The first-order valence-electron chi connectivity index (χ1n) is 10.2. The average molecular weight is 485 g/mol. The first kappa shape index (κ1) is 24.1. The van der Waals surface area contributed by atoms with Crippen molar-refractivity contribution in [2.75, 3.05) is 22.1 Å². The molecule has 0 atom stereocenters. The summed E-state index contributed by atoms with van der Waals surface area (Å²) in [6.45, 7) is 2.52. The summed E-state index contributed by atoms with van der Waals surface area (Å²) >= 11 is 11.9. The Morgan fingerprint density at radius 1 is 0.818 bits per heavy atom. The molecule has 3 aromatic carbocycles. The minimum absolute atomic E-state index is 0.199. The molecule has 0 saturated heterocycles. The van der Waals surface area contributed by atoms with Crippen molar-refractivity contribution in [3.63, 3.8) is 0 Å². The van der Waals surface area contributed by atoms with Crippen molar-refractivity contribution in [3.8, 4) is 0 Å². The van der Waals surface area contributed by atoms with Gasteiger partial charge in [0.25, 0.3) is 5.91 Å². The van der Waals surface area contributed by atoms with Gasteiger partial charge >= 0.3 is 12.1 Å². The van der Waals surface area contributed by atoms with Crippen molar-refractivity contribution in [2.45, 2.75) is 13.3 Å². The van der Waals surface area contributed by atoms with Crippen molar-refractivity contribution in [3.05, 3.63) is 88.4 Å². The number of carbonyl (C=O) groups is 3. The molecule has 0 bridgehead atoms. The molecule has 0 heterocycles. The zero-order valence-electron chi connectivity index (χ0n) is 17.8. The summed E-state index contributed by atoms with van der Waals surface area (Å²) in [5.74, 6) is -0.611. The summed E-state index contributed by atoms with van der Waals surface area (Å²) in [5, 5.41) is 8.47. The van der Waals surface area contributed by atoms with Gasteiger partial charge in [-0.3, -0.25) is 15.0 Å². The Morgan fingerprint density at radius 2 is 1.42 bits per heavy atom. The predicted molar refractivity (Wildman–Crippen MR) is 132 cm³/mol. The van der Waals surface area contributed by atoms with Gasteiger partial charge in [-0.2, -0.15) is 0 Å². The van der Waals surface area contributed by atoms with Gasteiger partial charge in [0.2, 0.25) is 0 Å². The highest BCUT2D eigenvalue weighted by molar-refractivity contribution is 6.34. The Hall–Kier alpha value is -3.55. The molecular weight excluding hydrogens is 463 g/mol. The molecule has 33 heavy (non-hydrogen) atoms. The third-order valence-corrected chi connectivity index (χ3v) is 5.15. The highest BCUT2D eigenvalue weighted by atomic mass is 35.5. The van der Waals surface area contributed by atoms with E-state index in [0.717, 1.165) is 12.1 Å². The maximum absolute atomic E-state index is 12.8. The number of rotatable bonds is 6. The number of halogens is 2. The van der Waals surface area contributed by atoms with Gasteiger partial charge in [-0.1, -0.05) is 42.3 Å². The Bertz CT molecular complexity index is 1140. The van der Waals surface area contributed by atoms with E-state index in [0.29, 0.717) is 22.9 Å². The largest absolute Gasteiger partial charge is 0.326 e. The zero-order valence-corrected chi connectivity index (χ0v) is 19.3. The number of carbonyl (C=O) groups excluding carboxylic acids is 3. The average Bonchev–Trinajstić information content (AvgIpc) is 2.79. The maximum Gasteiger partial charge on any atom is 0.326 e. The van der Waals surface area contributed by atoms with E-state index in [1.54, 1.807) is 71.6 Å². The molecule has 3 N–H and O–H groups in total. The molecule has 0 aliphatic carbocycles. The zero-order chi connectivity index (χ0) is 23.8. The molecule has 3 aromatic rings. The molecule has 3 rings (SSSR count). The second kappa shape index (κ2) is 11.4. The lowest BCUT2D eigenvalue weighted by Gasteiger charge is -2.23. The maximum atomic E-state index is 12.8. The molecule has 7 nitrogen and oxygen atoms in total. The number of hydrogen-bond donors (Lipinski definition) is 3. The number of hydrogen-bond acceptors (Lipinski definition) is 3. The quantitative estimate of drug-likeness (QED) is 0.377. The monoisotopic (exact) mass is 484 g/mol. The predicted octanol–water partition coefficient (Wildman–Crippen LogP) is 6.40. The summed E-state index contributed by atoms with van der Waals surface area (Å²) in [6.07, 6.45) is 0.779. The summed E-state index contributed by atoms with van der Waals surface area (Å²) < 4.78 is 0. The fourth-order valence-electron chi connectivity index (χ4n) is 3.00. The molecule has 0 radical (unpaired) electrons. The van der Waals surface area contributed by atoms with Crippen LogP contribution >= 0.6 is 23.2 Å². The SMILES string of the molecule is CCCN(C(=O)Nc1ccc(NC(=O)NC(=O)c2ccccc2Cl)cc1)c1ccc(Cl)cc1. The van der Waals surface area contributed by atoms with Crippen LogP contribution in [0, 0.1) is 0 Å². The van der Waals surface area contributed by atoms with E-state index in [4.69, 9.17) is 23.2 Å². The van der Waals surface area contributed by atoms with E-state index in [1.165, 1.54) is 6.07 Å². The van der Waals surface area contributed by atoms with Crippen LogP contribution < -0.4 is 20.9 Å². The normalized spacial score (nSPS) is 10.3. The number of imide groups is 1. The van der Waals surface area contributed by atoms with Crippen molar-refractivity contribution in [1.29, 1.82) is 0 Å². The van der Waals surface area contributed by atoms with Gasteiger partial charge in [-0.25, -0.2) is 9.59 Å². The van der Waals surface area contributed by atoms with Gasteiger partial charge in [-0.05, 0) is 67.1 Å². The fraction of sp³-hybridized carbons (Fsp3) is 0.125. The Labute approximate surface area is 201 Å². The van der Waals surface area contributed by atoms with Gasteiger partial charge in [0.15, 0.2) is 0 Å². The van der Waals surface area contributed by atoms with E-state index >= 15 is 0 Å². The summed E-state index contributed by atoms with van der Waals surface area (Å²) in [4.78, 5) is 38.7. The number of nitrogens with zero attached hydrogens (tertiary/aromatic N) is 1. The molecule has 170 valence electrons. The van der Waals surface area contributed by atoms with Crippen LogP contribution in [-0.4, -0.2) is 24.5 Å². The highest BCUT2D eigenvalue weighted by Crippen LogP contribution is 2.21. The van der Waals surface area contributed by atoms with Crippen LogP contribution in [0.5, 0.6) is 0 Å². The van der Waals surface area contributed by atoms with Crippen LogP contribution in [0.4, 0.5) is 26.7 Å². The van der Waals surface area contributed by atoms with Crippen molar-refractivity contribution < 1.29 is 14.4 Å². The number of anilines is 3. The van der Waals surface area contributed by atoms with Crippen LogP contribution in [0.2, 0.25) is 10.0 Å². The van der Waals surface area contributed by atoms with E-state index in [-0.39, 0.29) is 16.6 Å². The summed E-state index contributed by atoms with van der Waals surface area (Å²) in [7, 11) is 0. The highest BCUT2D eigenvalue weighted by Gasteiger charge is 2.16. The molecule has 0 aromatic heterocycles. The lowest BCUT2D eigenvalue weighted by Crippen LogP contribution is -2.35. The topological polar surface area (TPSA) is 90.5 Å². The number of nitrogens with one attached hydrogen (secondary N) is 3. The van der Waals surface area contributed by atoms with Gasteiger partial charge < -0.3 is 10.6 Å². The van der Waals surface area contributed by atoms with Crippen LogP contribution in [0.15, 0.2) is 72.8 Å². The Kier molecular flexibility index (Phi) is 8.29. The molecule has 0 aliphatic heterocycles. The van der Waals surface area contributed by atoms with Crippen LogP contribution in [0.1, 0.15) is 23.7 Å². The van der Waals surface area contributed by atoms with E-state index in [1.807, 2.05) is 6.92 Å². The molecule has 9 heteroatoms. The smallest absolute Gasteiger partial charge is 0.308 e. The van der Waals surface area contributed by atoms with E-state index in [9.17, 15) is 14.4 Å². The number of benzene rings is 3. The number of amides is 5. The first-order valence-corrected chi connectivity index (χ1v) is 10.9. The van der Waals surface area contributed by atoms with Gasteiger partial charge in [0.05, 0.1) is 10.6 Å². The first-order chi connectivity index (χ1) is 15.9. The third kappa shape index (κ3) is 6.71. The molecule has 0 fully saturated rings. The van der Waals surface area contributed by atoms with Crippen molar-refractivity contribution in [2.24, 2.45) is 0 Å². The molecule has 0 aliphatic rings. The lowest BCUT2D eigenvalue weighted by atomic mass is 10.2. The Balaban J connectivity index is 1.59. The fourth-order valence-corrected chi connectivity index (χ4v) is 3.35. The van der Waals surface area contributed by atoms with Crippen LogP contribution in [-0.2, 0) is 0 Å². The molecular formula is C24H22Cl2N4O3. The third-order valence-electron chi connectivity index (χ3n) is 4.57. The summed E-state index contributed by atoms with van der Waals surface area (Å²) in [6, 6.07) is 19.0. The van der Waals surface area contributed by atoms with Crippen molar-refractivity contribution in [1.82, 2.24) is 5.32 Å². The van der Waals surface area contributed by atoms with Gasteiger partial charge in [0, 0.05) is 28.6 Å². The van der Waals surface area contributed by atoms with E-state index in [2.05, 4.69) is 16.0 Å². The standard InChI is InChI=1S/C24H22Cl2N4O3/c1-2-15-30(19-13-7-16(25)8-14-19)24(33)28-18-11-9-17(10-12-18)27-23(32)29-22(31)20-5-3-4-6-21(20)26/h3-14H,2,15H2,1H3,(H,28,33)(H2,27,29,31,32). The van der Waals surface area contributed by atoms with Crippen LogP contribution in [0.25, 0.3) is 0 Å². The minimum Gasteiger partial charge on any atom is -0.308 e. The Morgan fingerprint density at radius 3 is 2.03 bits per heavy atom. The molecule has 0 unspecified atom stereocenters. The lowest BCUT2D eigenvalue weighted by molar-refractivity contribution is 0.0967. The van der Waals surface area contributed by atoms with E-state index < -0.39 is 11.9 Å². The van der Waals surface area contributed by atoms with Gasteiger partial charge in [-0.15, -0.1) is 0 Å². The minimum atomic E-state index is -0.700. The summed E-state index contributed by atoms with van der Waals surface area (Å²) in [5.41, 5.74) is 1.93. The second-order valence-electron chi connectivity index (χ2n) is 7.02. The second-order valence-corrected chi connectivity index (χ2v) is 7.87. The van der Waals surface area contributed by atoms with Crippen molar-refractivity contribution >= 4 is 58.2 Å².